The van der Waals surface area contributed by atoms with E-state index in [1.54, 1.807) is 19.2 Å². The second kappa shape index (κ2) is 6.43. The van der Waals surface area contributed by atoms with Crippen molar-refractivity contribution in [2.45, 2.75) is 18.9 Å². The molecule has 0 bridgehead atoms. The summed E-state index contributed by atoms with van der Waals surface area (Å²) in [5.74, 6) is -0.0851. The highest BCUT2D eigenvalue weighted by atomic mass is 16.6. The van der Waals surface area contributed by atoms with Crippen LogP contribution in [0.25, 0.3) is 0 Å². The Bertz CT molecular complexity index is 678. The Labute approximate surface area is 129 Å². The van der Waals surface area contributed by atoms with Crippen molar-refractivity contribution in [2.75, 3.05) is 7.05 Å². The van der Waals surface area contributed by atoms with Gasteiger partial charge in [0.15, 0.2) is 0 Å². The van der Waals surface area contributed by atoms with Gasteiger partial charge in [-0.2, -0.15) is 0 Å². The zero-order valence-electron chi connectivity index (χ0n) is 12.5. The summed E-state index contributed by atoms with van der Waals surface area (Å²) in [6, 6.07) is 17.7. The van der Waals surface area contributed by atoms with Crippen LogP contribution in [-0.2, 0) is 11.3 Å². The monoisotopic (exact) mass is 294 g/mol. The third kappa shape index (κ3) is 3.17. The number of nitrogens with zero attached hydrogens (tertiary/aromatic N) is 1. The summed E-state index contributed by atoms with van der Waals surface area (Å²) in [5, 5.41) is 6.81. The van der Waals surface area contributed by atoms with Crippen LogP contribution in [0.4, 0.5) is 0 Å². The van der Waals surface area contributed by atoms with Crippen molar-refractivity contribution in [1.29, 1.82) is 0 Å². The maximum Gasteiger partial charge on any atom is 0.251 e. The maximum atomic E-state index is 11.5. The van der Waals surface area contributed by atoms with Crippen LogP contribution in [0, 0.1) is 0 Å². The van der Waals surface area contributed by atoms with Gasteiger partial charge in [-0.3, -0.25) is 4.79 Å². The third-order valence-corrected chi connectivity index (χ3v) is 3.75. The molecule has 3 rings (SSSR count). The topological polar surface area (TPSA) is 50.7 Å². The first-order valence-electron chi connectivity index (χ1n) is 7.35. The van der Waals surface area contributed by atoms with E-state index < -0.39 is 0 Å². The number of oxime groups is 1. The van der Waals surface area contributed by atoms with Gasteiger partial charge in [0.25, 0.3) is 5.91 Å². The molecule has 1 amide bonds. The summed E-state index contributed by atoms with van der Waals surface area (Å²) in [7, 11) is 1.62. The van der Waals surface area contributed by atoms with Crippen LogP contribution < -0.4 is 5.32 Å². The smallest absolute Gasteiger partial charge is 0.251 e. The van der Waals surface area contributed by atoms with E-state index in [0.29, 0.717) is 5.56 Å². The summed E-state index contributed by atoms with van der Waals surface area (Å²) in [4.78, 5) is 17.1. The van der Waals surface area contributed by atoms with Gasteiger partial charge in [-0.1, -0.05) is 47.6 Å². The number of benzene rings is 2. The van der Waals surface area contributed by atoms with Gasteiger partial charge in [-0.25, -0.2) is 0 Å². The van der Waals surface area contributed by atoms with Crippen LogP contribution in [0.2, 0.25) is 0 Å². The highest BCUT2D eigenvalue weighted by Gasteiger charge is 2.22. The van der Waals surface area contributed by atoms with Crippen molar-refractivity contribution in [3.8, 4) is 0 Å². The highest BCUT2D eigenvalue weighted by molar-refractivity contribution is 6.02. The van der Waals surface area contributed by atoms with Crippen molar-refractivity contribution in [3.05, 3.63) is 71.3 Å². The lowest BCUT2D eigenvalue weighted by molar-refractivity contribution is 0.0859. The zero-order chi connectivity index (χ0) is 15.4. The first kappa shape index (κ1) is 14.3. The molecule has 1 heterocycles. The Hall–Kier alpha value is -2.62. The van der Waals surface area contributed by atoms with E-state index in [1.807, 2.05) is 30.3 Å². The van der Waals surface area contributed by atoms with Crippen molar-refractivity contribution >= 4 is 11.6 Å². The van der Waals surface area contributed by atoms with Crippen LogP contribution >= 0.6 is 0 Å². The molecule has 1 atom stereocenters. The fraction of sp³-hybridized carbons (Fsp3) is 0.222. The van der Waals surface area contributed by atoms with Crippen LogP contribution in [0.5, 0.6) is 0 Å². The summed E-state index contributed by atoms with van der Waals surface area (Å²) in [6.07, 6.45) is 1.72. The highest BCUT2D eigenvalue weighted by Crippen LogP contribution is 2.20. The molecule has 0 saturated heterocycles. The lowest BCUT2D eigenvalue weighted by atomic mass is 9.99. The fourth-order valence-corrected chi connectivity index (χ4v) is 2.54. The van der Waals surface area contributed by atoms with Crippen molar-refractivity contribution in [1.82, 2.24) is 5.32 Å². The van der Waals surface area contributed by atoms with Gasteiger partial charge in [0.05, 0.1) is 5.71 Å². The quantitative estimate of drug-likeness (QED) is 0.942. The number of hydrogen-bond donors (Lipinski definition) is 1. The Kier molecular flexibility index (Phi) is 4.19. The van der Waals surface area contributed by atoms with E-state index in [2.05, 4.69) is 22.6 Å². The molecule has 0 saturated carbocycles. The second-order valence-corrected chi connectivity index (χ2v) is 5.32. The second-order valence-electron chi connectivity index (χ2n) is 5.32. The van der Waals surface area contributed by atoms with E-state index >= 15 is 0 Å². The number of carbonyl (C=O) groups excluding carboxylic acids is 1. The van der Waals surface area contributed by atoms with Gasteiger partial charge in [0.2, 0.25) is 0 Å². The molecule has 0 radical (unpaired) electrons. The average Bonchev–Trinajstić information content (AvgIpc) is 3.04. The minimum atomic E-state index is -0.0851. The molecule has 1 unspecified atom stereocenters. The van der Waals surface area contributed by atoms with Gasteiger partial charge in [0, 0.05) is 25.5 Å². The Morgan fingerprint density at radius 2 is 1.91 bits per heavy atom. The molecule has 22 heavy (non-hydrogen) atoms. The van der Waals surface area contributed by atoms with Gasteiger partial charge in [-0.05, 0) is 23.3 Å². The summed E-state index contributed by atoms with van der Waals surface area (Å²) >= 11 is 0. The van der Waals surface area contributed by atoms with Crippen LogP contribution in [-0.4, -0.2) is 24.8 Å². The Morgan fingerprint density at radius 1 is 1.18 bits per heavy atom. The first-order chi connectivity index (χ1) is 10.8. The third-order valence-electron chi connectivity index (χ3n) is 3.75. The summed E-state index contributed by atoms with van der Waals surface area (Å²) < 4.78 is 0. The summed E-state index contributed by atoms with van der Waals surface area (Å²) in [5.41, 5.74) is 3.83. The maximum absolute atomic E-state index is 11.5. The van der Waals surface area contributed by atoms with E-state index in [0.717, 1.165) is 24.1 Å². The van der Waals surface area contributed by atoms with E-state index in [-0.39, 0.29) is 12.0 Å². The molecule has 0 fully saturated rings. The fourth-order valence-electron chi connectivity index (χ4n) is 2.54. The molecule has 2 aromatic rings. The first-order valence-corrected chi connectivity index (χ1v) is 7.35. The minimum Gasteiger partial charge on any atom is -0.391 e. The lowest BCUT2D eigenvalue weighted by Crippen LogP contribution is -2.17. The van der Waals surface area contributed by atoms with Crippen molar-refractivity contribution in [2.24, 2.45) is 5.16 Å². The molecule has 1 aliphatic heterocycles. The van der Waals surface area contributed by atoms with Gasteiger partial charge >= 0.3 is 0 Å². The number of amides is 1. The SMILES string of the molecule is CNC(=O)c1ccc(C2=NOC(Cc3ccccc3)C2)cc1. The van der Waals surface area contributed by atoms with E-state index in [9.17, 15) is 4.79 Å². The van der Waals surface area contributed by atoms with E-state index in [4.69, 9.17) is 4.84 Å². The van der Waals surface area contributed by atoms with Crippen molar-refractivity contribution in [3.63, 3.8) is 0 Å². The molecular formula is C18H18N2O2. The predicted octanol–water partition coefficient (Wildman–Crippen LogP) is 2.78. The lowest BCUT2D eigenvalue weighted by Gasteiger charge is -2.07. The molecular weight excluding hydrogens is 276 g/mol. The largest absolute Gasteiger partial charge is 0.391 e. The van der Waals surface area contributed by atoms with Crippen LogP contribution in [0.3, 0.4) is 0 Å². The molecule has 0 aromatic heterocycles. The molecule has 112 valence electrons. The van der Waals surface area contributed by atoms with Crippen LogP contribution in [0.1, 0.15) is 27.9 Å². The molecule has 4 heteroatoms. The predicted molar refractivity (Wildman–Crippen MR) is 86.0 cm³/mol. The number of hydrogen-bond acceptors (Lipinski definition) is 3. The van der Waals surface area contributed by atoms with Crippen molar-refractivity contribution < 1.29 is 9.63 Å². The molecule has 2 aromatic carbocycles. The summed E-state index contributed by atoms with van der Waals surface area (Å²) in [6.45, 7) is 0. The standard InChI is InChI=1S/C18H18N2O2/c1-19-18(21)15-9-7-14(8-10-15)17-12-16(22-20-17)11-13-5-3-2-4-6-13/h2-10,16H,11-12H2,1H3,(H,19,21). The van der Waals surface area contributed by atoms with Gasteiger partial charge in [0.1, 0.15) is 6.10 Å². The Morgan fingerprint density at radius 3 is 2.59 bits per heavy atom. The minimum absolute atomic E-state index is 0.0796. The molecule has 1 N–H and O–H groups in total. The number of carbonyl (C=O) groups is 1. The van der Waals surface area contributed by atoms with E-state index in [1.165, 1.54) is 5.56 Å². The molecule has 0 spiro atoms. The molecule has 0 aliphatic carbocycles. The van der Waals surface area contributed by atoms with Crippen LogP contribution in [0.15, 0.2) is 59.8 Å². The normalized spacial score (nSPS) is 16.8. The molecule has 4 nitrogen and oxygen atoms in total. The van der Waals surface area contributed by atoms with Gasteiger partial charge in [-0.15, -0.1) is 0 Å². The molecule has 1 aliphatic rings. The van der Waals surface area contributed by atoms with Gasteiger partial charge < -0.3 is 10.2 Å². The Balaban J connectivity index is 1.63. The average molecular weight is 294 g/mol. The number of rotatable bonds is 4. The number of nitrogens with one attached hydrogen (secondary N) is 1. The zero-order valence-corrected chi connectivity index (χ0v) is 12.5.